The van der Waals surface area contributed by atoms with Crippen molar-refractivity contribution >= 4 is 33.2 Å². The van der Waals surface area contributed by atoms with Gasteiger partial charge in [0.25, 0.3) is 5.91 Å². The zero-order valence-corrected chi connectivity index (χ0v) is 15.7. The van der Waals surface area contributed by atoms with Crippen LogP contribution in [0.15, 0.2) is 41.3 Å². The number of halogens is 1. The molecule has 0 aliphatic rings. The quantitative estimate of drug-likeness (QED) is 0.803. The summed E-state index contributed by atoms with van der Waals surface area (Å²) in [6.45, 7) is 3.68. The van der Waals surface area contributed by atoms with E-state index < -0.39 is 15.9 Å². The first-order valence-corrected chi connectivity index (χ1v) is 9.40. The molecule has 0 saturated heterocycles. The Morgan fingerprint density at radius 2 is 1.96 bits per heavy atom. The number of nitrogens with one attached hydrogen (secondary N) is 2. The van der Waals surface area contributed by atoms with Crippen molar-refractivity contribution in [3.05, 3.63) is 52.5 Å². The van der Waals surface area contributed by atoms with E-state index in [1.54, 1.807) is 32.0 Å². The molecule has 0 radical (unpaired) electrons. The lowest BCUT2D eigenvalue weighted by molar-refractivity contribution is 0.102. The molecule has 6 nitrogen and oxygen atoms in total. The molecule has 0 heterocycles. The SMILES string of the molecule is CCNS(=O)(=O)c1cc(C(=O)Nc2cccc(Cl)c2C)ccc1OC. The van der Waals surface area contributed by atoms with Crippen LogP contribution in [0.3, 0.4) is 0 Å². The molecule has 25 heavy (non-hydrogen) atoms. The molecule has 0 spiro atoms. The van der Waals surface area contributed by atoms with E-state index in [0.717, 1.165) is 5.56 Å². The van der Waals surface area contributed by atoms with Gasteiger partial charge < -0.3 is 10.1 Å². The average Bonchev–Trinajstić information content (AvgIpc) is 2.58. The highest BCUT2D eigenvalue weighted by molar-refractivity contribution is 7.89. The number of rotatable bonds is 6. The van der Waals surface area contributed by atoms with E-state index in [0.29, 0.717) is 10.7 Å². The number of benzene rings is 2. The Kier molecular flexibility index (Phi) is 6.05. The molecule has 0 atom stereocenters. The zero-order chi connectivity index (χ0) is 18.6. The Morgan fingerprint density at radius 1 is 1.24 bits per heavy atom. The molecular formula is C17H19ClN2O4S. The second kappa shape index (κ2) is 7.86. The van der Waals surface area contributed by atoms with Gasteiger partial charge in [0.1, 0.15) is 10.6 Å². The van der Waals surface area contributed by atoms with E-state index >= 15 is 0 Å². The molecule has 0 fully saturated rings. The number of methoxy groups -OCH3 is 1. The molecule has 8 heteroatoms. The highest BCUT2D eigenvalue weighted by Gasteiger charge is 2.21. The van der Waals surface area contributed by atoms with Crippen LogP contribution in [0, 0.1) is 6.92 Å². The normalized spacial score (nSPS) is 11.2. The first kappa shape index (κ1) is 19.2. The lowest BCUT2D eigenvalue weighted by atomic mass is 10.1. The standard InChI is InChI=1S/C17H19ClN2O4S/c1-4-19-25(22,23)16-10-12(8-9-15(16)24-3)17(21)20-14-7-5-6-13(18)11(14)2/h5-10,19H,4H2,1-3H3,(H,20,21). The Labute approximate surface area is 152 Å². The minimum Gasteiger partial charge on any atom is -0.495 e. The predicted molar refractivity (Wildman–Crippen MR) is 98.0 cm³/mol. The summed E-state index contributed by atoms with van der Waals surface area (Å²) in [7, 11) is -2.40. The molecule has 2 N–H and O–H groups in total. The number of hydrogen-bond acceptors (Lipinski definition) is 4. The molecule has 0 unspecified atom stereocenters. The molecule has 0 saturated carbocycles. The van der Waals surface area contributed by atoms with Gasteiger partial charge in [0, 0.05) is 22.8 Å². The minimum atomic E-state index is -3.77. The molecule has 0 bridgehead atoms. The van der Waals surface area contributed by atoms with Crippen molar-refractivity contribution in [3.63, 3.8) is 0 Å². The van der Waals surface area contributed by atoms with Gasteiger partial charge in [0.2, 0.25) is 10.0 Å². The molecule has 1 amide bonds. The van der Waals surface area contributed by atoms with Gasteiger partial charge in [-0.25, -0.2) is 13.1 Å². The van der Waals surface area contributed by atoms with Crippen LogP contribution in [0.25, 0.3) is 0 Å². The summed E-state index contributed by atoms with van der Waals surface area (Å²) >= 11 is 6.05. The number of carbonyl (C=O) groups excluding carboxylic acids is 1. The summed E-state index contributed by atoms with van der Waals surface area (Å²) in [6, 6.07) is 9.40. The van der Waals surface area contributed by atoms with Crippen LogP contribution < -0.4 is 14.8 Å². The van der Waals surface area contributed by atoms with E-state index in [1.807, 2.05) is 0 Å². The Morgan fingerprint density at radius 3 is 2.60 bits per heavy atom. The van der Waals surface area contributed by atoms with Crippen LogP contribution in [0.1, 0.15) is 22.8 Å². The maximum Gasteiger partial charge on any atom is 0.255 e. The Bertz CT molecular complexity index is 898. The van der Waals surface area contributed by atoms with Crippen molar-refractivity contribution in [1.29, 1.82) is 0 Å². The van der Waals surface area contributed by atoms with Crippen LogP contribution in [0.5, 0.6) is 5.75 Å². The van der Waals surface area contributed by atoms with Crippen molar-refractivity contribution < 1.29 is 17.9 Å². The van der Waals surface area contributed by atoms with Crippen molar-refractivity contribution in [3.8, 4) is 5.75 Å². The molecule has 134 valence electrons. The van der Waals surface area contributed by atoms with Crippen LogP contribution in [-0.4, -0.2) is 28.0 Å². The fraction of sp³-hybridized carbons (Fsp3) is 0.235. The van der Waals surface area contributed by atoms with Crippen LogP contribution in [-0.2, 0) is 10.0 Å². The van der Waals surface area contributed by atoms with Gasteiger partial charge in [0.15, 0.2) is 0 Å². The van der Waals surface area contributed by atoms with Crippen molar-refractivity contribution in [2.24, 2.45) is 0 Å². The van der Waals surface area contributed by atoms with Crippen molar-refractivity contribution in [2.45, 2.75) is 18.7 Å². The number of hydrogen-bond donors (Lipinski definition) is 2. The molecule has 0 aromatic heterocycles. The molecular weight excluding hydrogens is 364 g/mol. The third kappa shape index (κ3) is 4.31. The Hall–Kier alpha value is -2.09. The highest BCUT2D eigenvalue weighted by atomic mass is 35.5. The van der Waals surface area contributed by atoms with Gasteiger partial charge in [-0.2, -0.15) is 0 Å². The number of amides is 1. The molecule has 2 aromatic carbocycles. The summed E-state index contributed by atoms with van der Waals surface area (Å²) < 4.78 is 32.1. The summed E-state index contributed by atoms with van der Waals surface area (Å²) in [5.74, 6) is -0.280. The zero-order valence-electron chi connectivity index (χ0n) is 14.1. The Balaban J connectivity index is 2.39. The summed E-state index contributed by atoms with van der Waals surface area (Å²) in [5, 5.41) is 3.27. The second-order valence-electron chi connectivity index (χ2n) is 5.23. The third-order valence-electron chi connectivity index (χ3n) is 3.57. The molecule has 0 aliphatic heterocycles. The average molecular weight is 383 g/mol. The smallest absolute Gasteiger partial charge is 0.255 e. The largest absolute Gasteiger partial charge is 0.495 e. The third-order valence-corrected chi connectivity index (χ3v) is 5.54. The topological polar surface area (TPSA) is 84.5 Å². The summed E-state index contributed by atoms with van der Waals surface area (Å²) in [4.78, 5) is 12.4. The lowest BCUT2D eigenvalue weighted by Crippen LogP contribution is -2.24. The fourth-order valence-electron chi connectivity index (χ4n) is 2.23. The van der Waals surface area contributed by atoms with Gasteiger partial charge in [-0.05, 0) is 42.8 Å². The van der Waals surface area contributed by atoms with Gasteiger partial charge in [-0.15, -0.1) is 0 Å². The van der Waals surface area contributed by atoms with Crippen molar-refractivity contribution in [2.75, 3.05) is 19.0 Å². The number of anilines is 1. The number of sulfonamides is 1. The predicted octanol–water partition coefficient (Wildman–Crippen LogP) is 3.21. The molecule has 2 aromatic rings. The summed E-state index contributed by atoms with van der Waals surface area (Å²) in [5.41, 5.74) is 1.48. The summed E-state index contributed by atoms with van der Waals surface area (Å²) in [6.07, 6.45) is 0. The van der Waals surface area contributed by atoms with Gasteiger partial charge in [-0.3, -0.25) is 4.79 Å². The second-order valence-corrected chi connectivity index (χ2v) is 7.38. The van der Waals surface area contributed by atoms with Gasteiger partial charge in [0.05, 0.1) is 7.11 Å². The monoisotopic (exact) mass is 382 g/mol. The van der Waals surface area contributed by atoms with Gasteiger partial charge >= 0.3 is 0 Å². The van der Waals surface area contributed by atoms with Crippen LogP contribution in [0.4, 0.5) is 5.69 Å². The van der Waals surface area contributed by atoms with E-state index in [2.05, 4.69) is 10.0 Å². The number of ether oxygens (including phenoxy) is 1. The minimum absolute atomic E-state index is 0.0904. The van der Waals surface area contributed by atoms with E-state index in [9.17, 15) is 13.2 Å². The number of carbonyl (C=O) groups is 1. The maximum atomic E-state index is 12.5. The lowest BCUT2D eigenvalue weighted by Gasteiger charge is -2.13. The van der Waals surface area contributed by atoms with E-state index in [1.165, 1.54) is 25.3 Å². The van der Waals surface area contributed by atoms with Gasteiger partial charge in [-0.1, -0.05) is 24.6 Å². The maximum absolute atomic E-state index is 12.5. The van der Waals surface area contributed by atoms with Crippen LogP contribution in [0.2, 0.25) is 5.02 Å². The van der Waals surface area contributed by atoms with E-state index in [4.69, 9.17) is 16.3 Å². The first-order chi connectivity index (χ1) is 11.8. The van der Waals surface area contributed by atoms with Crippen molar-refractivity contribution in [1.82, 2.24) is 4.72 Å². The molecule has 2 rings (SSSR count). The van der Waals surface area contributed by atoms with Crippen LogP contribution >= 0.6 is 11.6 Å². The molecule has 0 aliphatic carbocycles. The highest BCUT2D eigenvalue weighted by Crippen LogP contribution is 2.27. The fourth-order valence-corrected chi connectivity index (χ4v) is 3.64. The first-order valence-electron chi connectivity index (χ1n) is 7.54. The van der Waals surface area contributed by atoms with E-state index in [-0.39, 0.29) is 22.8 Å².